The van der Waals surface area contributed by atoms with Gasteiger partial charge in [0, 0.05) is 20.1 Å². The molecule has 176 valence electrons. The Bertz CT molecular complexity index is 1100. The van der Waals surface area contributed by atoms with E-state index >= 15 is 0 Å². The molecule has 0 aliphatic carbocycles. The molecule has 4 rings (SSSR count). The van der Waals surface area contributed by atoms with Gasteiger partial charge in [-0.1, -0.05) is 43.8 Å². The number of carbonyl (C=O) groups excluding carboxylic acids is 1. The summed E-state index contributed by atoms with van der Waals surface area (Å²) in [5.74, 6) is 1.97. The number of para-hydroxylation sites is 2. The number of methoxy groups -OCH3 is 1. The fourth-order valence-corrected chi connectivity index (χ4v) is 4.77. The molecule has 1 N–H and O–H groups in total. The number of benzene rings is 2. The van der Waals surface area contributed by atoms with E-state index in [1.807, 2.05) is 42.5 Å². The number of hydrogen-bond donors (Lipinski definition) is 1. The van der Waals surface area contributed by atoms with Crippen molar-refractivity contribution in [2.75, 3.05) is 32.7 Å². The van der Waals surface area contributed by atoms with E-state index in [0.717, 1.165) is 39.7 Å². The van der Waals surface area contributed by atoms with E-state index in [1.165, 1.54) is 11.8 Å². The lowest BCUT2D eigenvalue weighted by molar-refractivity contribution is -0.119. The topological polar surface area (TPSA) is 74.6 Å². The molecule has 0 saturated carbocycles. The van der Waals surface area contributed by atoms with Gasteiger partial charge in [0.1, 0.15) is 0 Å². The minimum Gasteiger partial charge on any atom is -0.490 e. The van der Waals surface area contributed by atoms with Crippen LogP contribution < -0.4 is 14.8 Å². The van der Waals surface area contributed by atoms with E-state index in [2.05, 4.69) is 23.7 Å². The van der Waals surface area contributed by atoms with Crippen LogP contribution in [0.3, 0.4) is 0 Å². The summed E-state index contributed by atoms with van der Waals surface area (Å²) < 4.78 is 19.0. The van der Waals surface area contributed by atoms with E-state index in [1.54, 1.807) is 7.11 Å². The average molecular weight is 470 g/mol. The highest BCUT2D eigenvalue weighted by atomic mass is 32.2. The van der Waals surface area contributed by atoms with Crippen LogP contribution in [-0.2, 0) is 16.1 Å². The Hall–Kier alpha value is -2.71. The van der Waals surface area contributed by atoms with Gasteiger partial charge in [-0.2, -0.15) is 0 Å². The van der Waals surface area contributed by atoms with Gasteiger partial charge in [0.15, 0.2) is 16.7 Å². The Morgan fingerprint density at radius 3 is 2.76 bits per heavy atom. The molecule has 33 heavy (non-hydrogen) atoms. The van der Waals surface area contributed by atoms with Crippen molar-refractivity contribution >= 4 is 28.7 Å². The number of imidazole rings is 1. The van der Waals surface area contributed by atoms with Gasteiger partial charge in [0.05, 0.1) is 42.6 Å². The zero-order chi connectivity index (χ0) is 23.2. The molecule has 2 heterocycles. The monoisotopic (exact) mass is 469 g/mol. The molecule has 0 fully saturated rings. The molecule has 0 saturated heterocycles. The maximum atomic E-state index is 12.9. The van der Waals surface area contributed by atoms with Gasteiger partial charge >= 0.3 is 0 Å². The predicted octanol–water partition coefficient (Wildman–Crippen LogP) is 4.45. The Labute approximate surface area is 198 Å². The van der Waals surface area contributed by atoms with Crippen molar-refractivity contribution in [3.63, 3.8) is 0 Å². The minimum absolute atomic E-state index is 0.0313. The van der Waals surface area contributed by atoms with Gasteiger partial charge in [0.25, 0.3) is 0 Å². The summed E-state index contributed by atoms with van der Waals surface area (Å²) in [4.78, 5) is 17.7. The zero-order valence-electron chi connectivity index (χ0n) is 19.4. The normalized spacial score (nSPS) is 14.3. The van der Waals surface area contributed by atoms with Crippen LogP contribution in [0.15, 0.2) is 47.6 Å². The maximum absolute atomic E-state index is 12.9. The van der Waals surface area contributed by atoms with Crippen LogP contribution >= 0.6 is 11.8 Å². The smallest absolute Gasteiger partial charge is 0.230 e. The first-order valence-electron chi connectivity index (χ1n) is 11.3. The molecule has 1 aliphatic heterocycles. The number of fused-ring (bicyclic) bond motifs is 2. The Kier molecular flexibility index (Phi) is 7.77. The molecule has 8 heteroatoms. The summed E-state index contributed by atoms with van der Waals surface area (Å²) in [6.07, 6.45) is 0.862. The number of nitrogens with one attached hydrogen (secondary N) is 1. The number of hydrogen-bond acceptors (Lipinski definition) is 6. The number of aromatic nitrogens is 2. The van der Waals surface area contributed by atoms with E-state index in [0.29, 0.717) is 26.4 Å². The summed E-state index contributed by atoms with van der Waals surface area (Å²) in [7, 11) is 1.69. The lowest BCUT2D eigenvalue weighted by Crippen LogP contribution is -2.33. The van der Waals surface area contributed by atoms with E-state index < -0.39 is 0 Å². The number of carbonyl (C=O) groups is 1. The largest absolute Gasteiger partial charge is 0.490 e. The van der Waals surface area contributed by atoms with Crippen LogP contribution in [-0.4, -0.2) is 48.1 Å². The van der Waals surface area contributed by atoms with Crippen molar-refractivity contribution in [1.82, 2.24) is 14.9 Å². The molecule has 1 atom stereocenters. The van der Waals surface area contributed by atoms with E-state index in [-0.39, 0.29) is 23.6 Å². The number of rotatable bonds is 9. The standard InChI is InChI=1S/C25H31N3O4S/c1-17(2)24(18-9-10-21-22(15-18)32-13-6-12-31-21)27-23(29)16-33-25-26-19-7-4-5-8-20(19)28(25)11-14-30-3/h4-5,7-10,15,17,24H,6,11-14,16H2,1-3H3,(H,27,29)/t24-/m1/s1. The van der Waals surface area contributed by atoms with Crippen LogP contribution in [0.1, 0.15) is 31.9 Å². The molecule has 7 nitrogen and oxygen atoms in total. The maximum Gasteiger partial charge on any atom is 0.230 e. The highest BCUT2D eigenvalue weighted by molar-refractivity contribution is 7.99. The molecular formula is C25H31N3O4S. The molecule has 0 spiro atoms. The van der Waals surface area contributed by atoms with Crippen molar-refractivity contribution < 1.29 is 19.0 Å². The Balaban J connectivity index is 1.46. The van der Waals surface area contributed by atoms with Crippen LogP contribution in [0.2, 0.25) is 0 Å². The van der Waals surface area contributed by atoms with Gasteiger partial charge in [-0.25, -0.2) is 4.98 Å². The van der Waals surface area contributed by atoms with Crippen molar-refractivity contribution in [3.8, 4) is 11.5 Å². The summed E-state index contributed by atoms with van der Waals surface area (Å²) in [6.45, 7) is 6.77. The second-order valence-corrected chi connectivity index (χ2v) is 9.30. The van der Waals surface area contributed by atoms with Gasteiger partial charge < -0.3 is 24.1 Å². The fourth-order valence-electron chi connectivity index (χ4n) is 3.92. The van der Waals surface area contributed by atoms with Crippen LogP contribution in [0.4, 0.5) is 0 Å². The van der Waals surface area contributed by atoms with Crippen molar-refractivity contribution in [2.45, 2.75) is 38.0 Å². The van der Waals surface area contributed by atoms with Gasteiger partial charge in [-0.15, -0.1) is 0 Å². The molecule has 3 aromatic rings. The Morgan fingerprint density at radius 2 is 1.97 bits per heavy atom. The average Bonchev–Trinajstić information content (AvgIpc) is 2.99. The van der Waals surface area contributed by atoms with Crippen molar-refractivity contribution in [1.29, 1.82) is 0 Å². The molecule has 1 amide bonds. The van der Waals surface area contributed by atoms with Crippen LogP contribution in [0, 0.1) is 5.92 Å². The highest BCUT2D eigenvalue weighted by Gasteiger charge is 2.22. The lowest BCUT2D eigenvalue weighted by atomic mass is 9.95. The summed E-state index contributed by atoms with van der Waals surface area (Å²) in [5, 5.41) is 4.02. The van der Waals surface area contributed by atoms with Crippen LogP contribution in [0.5, 0.6) is 11.5 Å². The van der Waals surface area contributed by atoms with E-state index in [4.69, 9.17) is 19.2 Å². The lowest BCUT2D eigenvalue weighted by Gasteiger charge is -2.24. The predicted molar refractivity (Wildman–Crippen MR) is 130 cm³/mol. The number of thioether (sulfide) groups is 1. The first-order valence-corrected chi connectivity index (χ1v) is 12.3. The molecule has 1 aliphatic rings. The fraction of sp³-hybridized carbons (Fsp3) is 0.440. The van der Waals surface area contributed by atoms with Gasteiger partial charge in [-0.05, 0) is 35.7 Å². The number of ether oxygens (including phenoxy) is 3. The second-order valence-electron chi connectivity index (χ2n) is 8.36. The molecular weight excluding hydrogens is 438 g/mol. The number of amides is 1. The minimum atomic E-state index is -0.123. The quantitative estimate of drug-likeness (QED) is 0.467. The van der Waals surface area contributed by atoms with E-state index in [9.17, 15) is 4.79 Å². The first kappa shape index (κ1) is 23.4. The van der Waals surface area contributed by atoms with Crippen molar-refractivity contribution in [3.05, 3.63) is 48.0 Å². The Morgan fingerprint density at radius 1 is 1.18 bits per heavy atom. The third-order valence-electron chi connectivity index (χ3n) is 5.58. The summed E-state index contributed by atoms with van der Waals surface area (Å²) in [6, 6.07) is 13.8. The molecule has 1 aromatic heterocycles. The zero-order valence-corrected chi connectivity index (χ0v) is 20.2. The highest BCUT2D eigenvalue weighted by Crippen LogP contribution is 2.34. The molecule has 0 bridgehead atoms. The molecule has 2 aromatic carbocycles. The van der Waals surface area contributed by atoms with Crippen molar-refractivity contribution in [2.24, 2.45) is 5.92 Å². The van der Waals surface area contributed by atoms with Gasteiger partial charge in [-0.3, -0.25) is 4.79 Å². The third-order valence-corrected chi connectivity index (χ3v) is 6.56. The van der Waals surface area contributed by atoms with Crippen LogP contribution in [0.25, 0.3) is 11.0 Å². The van der Waals surface area contributed by atoms with Gasteiger partial charge in [0.2, 0.25) is 5.91 Å². The molecule has 0 radical (unpaired) electrons. The summed E-state index contributed by atoms with van der Waals surface area (Å²) >= 11 is 1.45. The SMILES string of the molecule is COCCn1c(SCC(=O)N[C@@H](c2ccc3c(c2)OCCCO3)C(C)C)nc2ccccc21. The second kappa shape index (κ2) is 10.9. The summed E-state index contributed by atoms with van der Waals surface area (Å²) in [5.41, 5.74) is 2.98. The number of nitrogens with zero attached hydrogens (tertiary/aromatic N) is 2. The first-order chi connectivity index (χ1) is 16.1. The molecule has 0 unspecified atom stereocenters. The third kappa shape index (κ3) is 5.62.